The number of anilines is 1. The lowest BCUT2D eigenvalue weighted by Crippen LogP contribution is -3.07. The van der Waals surface area contributed by atoms with E-state index in [4.69, 9.17) is 0 Å². The standard InChI is InChI=1S/C19H24BrN3O/c1-22(2)17-11-7-14(8-12-17)18(23(3)4)13-21-19(24)15-5-9-16(20)10-6-15/h5-12,18H,13H2,1-4H3,(H,21,24)/p+1/t18-/m1/s1. The van der Waals surface area contributed by atoms with E-state index in [0.717, 1.165) is 4.47 Å². The van der Waals surface area contributed by atoms with Crippen molar-refractivity contribution in [3.63, 3.8) is 0 Å². The van der Waals surface area contributed by atoms with Crippen LogP contribution in [0.5, 0.6) is 0 Å². The molecule has 2 N–H and O–H groups in total. The van der Waals surface area contributed by atoms with E-state index < -0.39 is 0 Å². The van der Waals surface area contributed by atoms with Crippen LogP contribution in [0.15, 0.2) is 53.0 Å². The van der Waals surface area contributed by atoms with Crippen LogP contribution < -0.4 is 15.1 Å². The monoisotopic (exact) mass is 390 g/mol. The predicted molar refractivity (Wildman–Crippen MR) is 103 cm³/mol. The Kier molecular flexibility index (Phi) is 6.40. The van der Waals surface area contributed by atoms with Crippen molar-refractivity contribution in [3.05, 3.63) is 64.1 Å². The second-order valence-corrected chi connectivity index (χ2v) is 7.25. The number of nitrogens with one attached hydrogen (secondary N) is 2. The Balaban J connectivity index is 2.05. The van der Waals surface area contributed by atoms with E-state index in [2.05, 4.69) is 64.5 Å². The molecule has 0 saturated carbocycles. The fourth-order valence-corrected chi connectivity index (χ4v) is 2.82. The minimum atomic E-state index is -0.0429. The zero-order chi connectivity index (χ0) is 17.7. The highest BCUT2D eigenvalue weighted by molar-refractivity contribution is 9.10. The molecular weight excluding hydrogens is 366 g/mol. The number of hydrogen-bond donors (Lipinski definition) is 2. The Labute approximate surface area is 152 Å². The third-order valence-electron chi connectivity index (χ3n) is 4.08. The molecule has 0 aliphatic heterocycles. The Morgan fingerprint density at radius 3 is 2.17 bits per heavy atom. The molecule has 1 amide bonds. The van der Waals surface area contributed by atoms with Gasteiger partial charge in [-0.3, -0.25) is 4.79 Å². The molecule has 128 valence electrons. The smallest absolute Gasteiger partial charge is 0.251 e. The first-order valence-electron chi connectivity index (χ1n) is 7.99. The first-order chi connectivity index (χ1) is 11.4. The molecule has 0 aliphatic carbocycles. The molecule has 24 heavy (non-hydrogen) atoms. The number of carbonyl (C=O) groups excluding carboxylic acids is 1. The molecule has 4 nitrogen and oxygen atoms in total. The highest BCUT2D eigenvalue weighted by Crippen LogP contribution is 2.16. The number of quaternary nitrogens is 1. The van der Waals surface area contributed by atoms with Gasteiger partial charge in [0.15, 0.2) is 0 Å². The van der Waals surface area contributed by atoms with Crippen molar-refractivity contribution < 1.29 is 9.69 Å². The lowest BCUT2D eigenvalue weighted by molar-refractivity contribution is -0.890. The second kappa shape index (κ2) is 8.31. The van der Waals surface area contributed by atoms with Gasteiger partial charge in [0.2, 0.25) is 0 Å². The second-order valence-electron chi connectivity index (χ2n) is 6.33. The van der Waals surface area contributed by atoms with Crippen molar-refractivity contribution in [2.24, 2.45) is 0 Å². The van der Waals surface area contributed by atoms with Crippen LogP contribution in [0.2, 0.25) is 0 Å². The number of likely N-dealkylation sites (N-methyl/N-ethyl adjacent to an activating group) is 1. The molecule has 0 heterocycles. The molecule has 0 radical (unpaired) electrons. The van der Waals surface area contributed by atoms with Crippen LogP contribution in [0.1, 0.15) is 22.0 Å². The summed E-state index contributed by atoms with van der Waals surface area (Å²) in [6.07, 6.45) is 0. The Morgan fingerprint density at radius 2 is 1.67 bits per heavy atom. The summed E-state index contributed by atoms with van der Waals surface area (Å²) in [4.78, 5) is 15.7. The third-order valence-corrected chi connectivity index (χ3v) is 4.61. The van der Waals surface area contributed by atoms with E-state index in [1.165, 1.54) is 16.2 Å². The van der Waals surface area contributed by atoms with Gasteiger partial charge in [-0.2, -0.15) is 0 Å². The summed E-state index contributed by atoms with van der Waals surface area (Å²) in [7, 11) is 8.27. The maximum Gasteiger partial charge on any atom is 0.251 e. The molecule has 0 bridgehead atoms. The lowest BCUT2D eigenvalue weighted by atomic mass is 10.0. The Hall–Kier alpha value is -1.85. The van der Waals surface area contributed by atoms with Gasteiger partial charge >= 0.3 is 0 Å². The van der Waals surface area contributed by atoms with Crippen molar-refractivity contribution in [3.8, 4) is 0 Å². The van der Waals surface area contributed by atoms with Gasteiger partial charge in [-0.25, -0.2) is 0 Å². The average molecular weight is 391 g/mol. The van der Waals surface area contributed by atoms with Gasteiger partial charge < -0.3 is 15.1 Å². The minimum absolute atomic E-state index is 0.0429. The number of carbonyl (C=O) groups is 1. The molecular formula is C19H25BrN3O+. The molecule has 1 atom stereocenters. The van der Waals surface area contributed by atoms with E-state index >= 15 is 0 Å². The molecule has 0 saturated heterocycles. The first kappa shape index (κ1) is 18.5. The Bertz CT molecular complexity index is 666. The number of benzene rings is 2. The summed E-state index contributed by atoms with van der Waals surface area (Å²) in [5.74, 6) is -0.0429. The highest BCUT2D eigenvalue weighted by atomic mass is 79.9. The summed E-state index contributed by atoms with van der Waals surface area (Å²) < 4.78 is 0.968. The minimum Gasteiger partial charge on any atom is -0.378 e. The number of amides is 1. The van der Waals surface area contributed by atoms with Crippen LogP contribution in [0.3, 0.4) is 0 Å². The molecule has 5 heteroatoms. The quantitative estimate of drug-likeness (QED) is 0.792. The van der Waals surface area contributed by atoms with Gasteiger partial charge in [-0.1, -0.05) is 28.1 Å². The molecule has 0 unspecified atom stereocenters. The molecule has 2 aromatic carbocycles. The lowest BCUT2D eigenvalue weighted by Gasteiger charge is -2.23. The Morgan fingerprint density at radius 1 is 1.08 bits per heavy atom. The van der Waals surface area contributed by atoms with Crippen LogP contribution in [0, 0.1) is 0 Å². The largest absolute Gasteiger partial charge is 0.378 e. The summed E-state index contributed by atoms with van der Waals surface area (Å²) in [5.41, 5.74) is 3.07. The first-order valence-corrected chi connectivity index (χ1v) is 8.79. The number of hydrogen-bond acceptors (Lipinski definition) is 2. The van der Waals surface area contributed by atoms with Gasteiger partial charge in [0.25, 0.3) is 5.91 Å². The maximum atomic E-state index is 12.3. The van der Waals surface area contributed by atoms with Crippen molar-refractivity contribution in [1.82, 2.24) is 5.32 Å². The van der Waals surface area contributed by atoms with Crippen LogP contribution in [-0.4, -0.2) is 40.6 Å². The van der Waals surface area contributed by atoms with Crippen molar-refractivity contribution in [1.29, 1.82) is 0 Å². The van der Waals surface area contributed by atoms with Crippen molar-refractivity contribution in [2.75, 3.05) is 39.6 Å². The van der Waals surface area contributed by atoms with Gasteiger partial charge in [0.1, 0.15) is 6.04 Å². The molecule has 0 aliphatic rings. The van der Waals surface area contributed by atoms with E-state index in [1.807, 2.05) is 38.4 Å². The molecule has 2 rings (SSSR count). The zero-order valence-corrected chi connectivity index (χ0v) is 16.2. The SMILES string of the molecule is CN(C)c1ccc([C@@H](CNC(=O)c2ccc(Br)cc2)[NH+](C)C)cc1. The van der Waals surface area contributed by atoms with Gasteiger partial charge in [0, 0.05) is 35.4 Å². The maximum absolute atomic E-state index is 12.3. The van der Waals surface area contributed by atoms with Crippen LogP contribution in [0.4, 0.5) is 5.69 Å². The number of halogens is 1. The van der Waals surface area contributed by atoms with E-state index in [0.29, 0.717) is 12.1 Å². The molecule has 0 fully saturated rings. The average Bonchev–Trinajstić information content (AvgIpc) is 2.55. The van der Waals surface area contributed by atoms with E-state index in [1.54, 1.807) is 0 Å². The van der Waals surface area contributed by atoms with E-state index in [9.17, 15) is 4.79 Å². The molecule has 2 aromatic rings. The summed E-state index contributed by atoms with van der Waals surface area (Å²) >= 11 is 3.38. The summed E-state index contributed by atoms with van der Waals surface area (Å²) in [5, 5.41) is 3.05. The summed E-state index contributed by atoms with van der Waals surface area (Å²) in [6, 6.07) is 16.1. The van der Waals surface area contributed by atoms with Crippen LogP contribution in [0.25, 0.3) is 0 Å². The molecule has 0 spiro atoms. The molecule has 0 aromatic heterocycles. The topological polar surface area (TPSA) is 36.8 Å². The van der Waals surface area contributed by atoms with Crippen molar-refractivity contribution in [2.45, 2.75) is 6.04 Å². The normalized spacial score (nSPS) is 12.1. The fourth-order valence-electron chi connectivity index (χ4n) is 2.56. The number of nitrogens with zero attached hydrogens (tertiary/aromatic N) is 1. The fraction of sp³-hybridized carbons (Fsp3) is 0.316. The van der Waals surface area contributed by atoms with Gasteiger partial charge in [-0.15, -0.1) is 0 Å². The number of rotatable bonds is 6. The van der Waals surface area contributed by atoms with E-state index in [-0.39, 0.29) is 11.9 Å². The van der Waals surface area contributed by atoms with Crippen molar-refractivity contribution >= 4 is 27.5 Å². The van der Waals surface area contributed by atoms with Gasteiger partial charge in [-0.05, 0) is 36.4 Å². The van der Waals surface area contributed by atoms with Gasteiger partial charge in [0.05, 0.1) is 20.6 Å². The zero-order valence-electron chi connectivity index (χ0n) is 14.6. The highest BCUT2D eigenvalue weighted by Gasteiger charge is 2.19. The third kappa shape index (κ3) is 4.82. The summed E-state index contributed by atoms with van der Waals surface area (Å²) in [6.45, 7) is 0.596. The predicted octanol–water partition coefficient (Wildman–Crippen LogP) is 2.13. The van der Waals surface area contributed by atoms with Crippen LogP contribution in [-0.2, 0) is 0 Å². The van der Waals surface area contributed by atoms with Crippen LogP contribution >= 0.6 is 15.9 Å².